The molecule has 5 heteroatoms. The van der Waals surface area contributed by atoms with Gasteiger partial charge in [0, 0.05) is 41.5 Å². The minimum Gasteiger partial charge on any atom is -0.383 e. The van der Waals surface area contributed by atoms with Crippen molar-refractivity contribution in [3.05, 3.63) is 82.9 Å². The summed E-state index contributed by atoms with van der Waals surface area (Å²) in [5.74, 6) is 0.955. The molecule has 4 rings (SSSR count). The summed E-state index contributed by atoms with van der Waals surface area (Å²) in [6.07, 6.45) is 26.6. The molecule has 0 bridgehead atoms. The van der Waals surface area contributed by atoms with Gasteiger partial charge in [0.1, 0.15) is 6.17 Å². The predicted octanol–water partition coefficient (Wildman–Crippen LogP) is 6.14. The molecule has 5 nitrogen and oxygen atoms in total. The lowest BCUT2D eigenvalue weighted by Crippen LogP contribution is -2.45. The second kappa shape index (κ2) is 13.0. The second-order valence-corrected chi connectivity index (χ2v) is 12.0. The molecule has 3 aliphatic carbocycles. The summed E-state index contributed by atoms with van der Waals surface area (Å²) in [7, 11) is 0. The predicted molar refractivity (Wildman–Crippen MR) is 160 cm³/mol. The zero-order valence-electron chi connectivity index (χ0n) is 24.4. The van der Waals surface area contributed by atoms with Crippen LogP contribution in [0.4, 0.5) is 0 Å². The highest BCUT2D eigenvalue weighted by Gasteiger charge is 2.33. The van der Waals surface area contributed by atoms with Gasteiger partial charge in [-0.3, -0.25) is 0 Å². The second-order valence-electron chi connectivity index (χ2n) is 12.0. The molecule has 38 heavy (non-hydrogen) atoms. The quantitative estimate of drug-likeness (QED) is 0.196. The standard InChI is InChI=1S/C33H50N4O/c1-7-38-22-8-9-25-10-12-28(13-11-25)32-35-30(26-14-16-29(17-15-26)34-23(2)3)31(36-32)27-18-20-33(6,21-19-27)37-24(4)5/h8-9,12,14,16-20,23-26,32,34-37H,7,10-11,13,15,21-22H2,1-6H3/b9-8+/t25?,26?,32?,33-/m0/s1. The lowest BCUT2D eigenvalue weighted by molar-refractivity contribution is 0.177. The van der Waals surface area contributed by atoms with E-state index in [1.807, 2.05) is 6.92 Å². The molecule has 0 aromatic rings. The van der Waals surface area contributed by atoms with E-state index >= 15 is 0 Å². The van der Waals surface area contributed by atoms with E-state index in [1.165, 1.54) is 34.7 Å². The minimum absolute atomic E-state index is 0.00527. The van der Waals surface area contributed by atoms with E-state index in [9.17, 15) is 0 Å². The average molecular weight is 519 g/mol. The van der Waals surface area contributed by atoms with Crippen LogP contribution in [0.15, 0.2) is 82.9 Å². The summed E-state index contributed by atoms with van der Waals surface area (Å²) in [5.41, 5.74) is 6.60. The normalized spacial score (nSPS) is 29.5. The summed E-state index contributed by atoms with van der Waals surface area (Å²) >= 11 is 0. The van der Waals surface area contributed by atoms with Crippen molar-refractivity contribution in [3.8, 4) is 0 Å². The van der Waals surface area contributed by atoms with Crippen LogP contribution in [-0.4, -0.2) is 37.0 Å². The Labute approximate surface area is 231 Å². The molecule has 0 saturated heterocycles. The first-order valence-corrected chi connectivity index (χ1v) is 14.8. The first-order chi connectivity index (χ1) is 18.3. The maximum absolute atomic E-state index is 5.47. The average Bonchev–Trinajstić information content (AvgIpc) is 3.32. The third kappa shape index (κ3) is 7.54. The van der Waals surface area contributed by atoms with Gasteiger partial charge in [0.2, 0.25) is 0 Å². The molecule has 0 spiro atoms. The Kier molecular flexibility index (Phi) is 9.78. The Balaban J connectivity index is 1.49. The van der Waals surface area contributed by atoms with Gasteiger partial charge in [0.05, 0.1) is 12.3 Å². The third-order valence-electron chi connectivity index (χ3n) is 7.75. The maximum Gasteiger partial charge on any atom is 0.119 e. The zero-order valence-corrected chi connectivity index (χ0v) is 24.4. The highest BCUT2D eigenvalue weighted by molar-refractivity contribution is 5.50. The molecule has 0 fully saturated rings. The number of allylic oxidation sites excluding steroid dienone is 6. The van der Waals surface area contributed by atoms with Gasteiger partial charge >= 0.3 is 0 Å². The monoisotopic (exact) mass is 518 g/mol. The van der Waals surface area contributed by atoms with Crippen molar-refractivity contribution in [1.82, 2.24) is 21.3 Å². The smallest absolute Gasteiger partial charge is 0.119 e. The first kappa shape index (κ1) is 28.5. The number of ether oxygens (including phenoxy) is 1. The van der Waals surface area contributed by atoms with E-state index in [-0.39, 0.29) is 11.7 Å². The van der Waals surface area contributed by atoms with Crippen molar-refractivity contribution in [2.45, 2.75) is 97.4 Å². The van der Waals surface area contributed by atoms with Crippen molar-refractivity contribution in [3.63, 3.8) is 0 Å². The Bertz CT molecular complexity index is 1040. The third-order valence-corrected chi connectivity index (χ3v) is 7.75. The Morgan fingerprint density at radius 3 is 2.53 bits per heavy atom. The van der Waals surface area contributed by atoms with Gasteiger partial charge in [0.25, 0.3) is 0 Å². The molecular weight excluding hydrogens is 468 g/mol. The molecule has 0 aromatic heterocycles. The fourth-order valence-corrected chi connectivity index (χ4v) is 5.91. The van der Waals surface area contributed by atoms with Crippen LogP contribution < -0.4 is 21.3 Å². The van der Waals surface area contributed by atoms with Crippen LogP contribution in [0, 0.1) is 11.8 Å². The zero-order chi connectivity index (χ0) is 27.1. The Hall–Kier alpha value is -2.50. The lowest BCUT2D eigenvalue weighted by atomic mass is 9.87. The molecule has 208 valence electrons. The maximum atomic E-state index is 5.47. The molecule has 4 N–H and O–H groups in total. The van der Waals surface area contributed by atoms with Gasteiger partial charge in [0.15, 0.2) is 0 Å². The van der Waals surface area contributed by atoms with Crippen LogP contribution in [0.5, 0.6) is 0 Å². The SMILES string of the molecule is CCOC/C=C/C1CC=C(C2NC(C3=CC[C@@](C)(NC(C)C)C=C3)=C(C3C=CC(NC(C)C)=CC3)N2)CC1. The van der Waals surface area contributed by atoms with Gasteiger partial charge in [-0.2, -0.15) is 0 Å². The Morgan fingerprint density at radius 2 is 1.92 bits per heavy atom. The number of rotatable bonds is 11. The minimum atomic E-state index is 0.00527. The van der Waals surface area contributed by atoms with Gasteiger partial charge in [-0.25, -0.2) is 0 Å². The van der Waals surface area contributed by atoms with Crippen molar-refractivity contribution in [2.24, 2.45) is 11.8 Å². The van der Waals surface area contributed by atoms with E-state index in [0.717, 1.165) is 38.9 Å². The van der Waals surface area contributed by atoms with E-state index in [2.05, 4.69) is 111 Å². The van der Waals surface area contributed by atoms with Crippen LogP contribution in [0.25, 0.3) is 0 Å². The van der Waals surface area contributed by atoms with Crippen LogP contribution >= 0.6 is 0 Å². The molecule has 1 heterocycles. The van der Waals surface area contributed by atoms with Crippen LogP contribution in [0.3, 0.4) is 0 Å². The van der Waals surface area contributed by atoms with E-state index in [4.69, 9.17) is 4.74 Å². The topological polar surface area (TPSA) is 57.4 Å². The fourth-order valence-electron chi connectivity index (χ4n) is 5.91. The molecule has 0 amide bonds. The molecule has 1 aliphatic heterocycles. The molecular formula is C33H50N4O. The highest BCUT2D eigenvalue weighted by atomic mass is 16.5. The highest BCUT2D eigenvalue weighted by Crippen LogP contribution is 2.35. The van der Waals surface area contributed by atoms with E-state index in [0.29, 0.717) is 23.9 Å². The number of nitrogens with one attached hydrogen (secondary N) is 4. The fraction of sp³-hybridized carbons (Fsp3) is 0.576. The largest absolute Gasteiger partial charge is 0.383 e. The lowest BCUT2D eigenvalue weighted by Gasteiger charge is -2.32. The summed E-state index contributed by atoms with van der Waals surface area (Å²) < 4.78 is 5.47. The molecule has 4 atom stereocenters. The van der Waals surface area contributed by atoms with Crippen molar-refractivity contribution in [1.29, 1.82) is 0 Å². The summed E-state index contributed by atoms with van der Waals surface area (Å²) in [6, 6.07) is 0.893. The number of hydrogen-bond donors (Lipinski definition) is 4. The van der Waals surface area contributed by atoms with E-state index < -0.39 is 0 Å². The Morgan fingerprint density at radius 1 is 1.08 bits per heavy atom. The summed E-state index contributed by atoms with van der Waals surface area (Å²) in [6.45, 7) is 14.6. The van der Waals surface area contributed by atoms with Crippen molar-refractivity contribution < 1.29 is 4.74 Å². The van der Waals surface area contributed by atoms with Crippen LogP contribution in [0.2, 0.25) is 0 Å². The van der Waals surface area contributed by atoms with Gasteiger partial charge in [-0.15, -0.1) is 0 Å². The first-order valence-electron chi connectivity index (χ1n) is 14.8. The van der Waals surface area contributed by atoms with Crippen molar-refractivity contribution in [2.75, 3.05) is 13.2 Å². The van der Waals surface area contributed by atoms with Gasteiger partial charge < -0.3 is 26.0 Å². The van der Waals surface area contributed by atoms with Gasteiger partial charge in [-0.1, -0.05) is 62.5 Å². The van der Waals surface area contributed by atoms with Gasteiger partial charge in [-0.05, 0) is 82.9 Å². The van der Waals surface area contributed by atoms with Crippen LogP contribution in [-0.2, 0) is 4.74 Å². The summed E-state index contributed by atoms with van der Waals surface area (Å²) in [5, 5.41) is 15.1. The number of hydrogen-bond acceptors (Lipinski definition) is 5. The molecule has 0 radical (unpaired) electrons. The van der Waals surface area contributed by atoms with Crippen molar-refractivity contribution >= 4 is 0 Å². The molecule has 4 aliphatic rings. The molecule has 3 unspecified atom stereocenters. The summed E-state index contributed by atoms with van der Waals surface area (Å²) in [4.78, 5) is 0. The van der Waals surface area contributed by atoms with Crippen LogP contribution in [0.1, 0.15) is 73.6 Å². The molecule has 0 saturated carbocycles. The van der Waals surface area contributed by atoms with E-state index in [1.54, 1.807) is 0 Å². The molecule has 0 aromatic carbocycles.